The lowest BCUT2D eigenvalue weighted by Gasteiger charge is -1.91. The van der Waals surface area contributed by atoms with Gasteiger partial charge in [0.2, 0.25) is 0 Å². The lowest BCUT2D eigenvalue weighted by molar-refractivity contribution is -0.109. The molecule has 0 saturated carbocycles. The Morgan fingerprint density at radius 1 is 1.82 bits per heavy atom. The lowest BCUT2D eigenvalue weighted by atomic mass is 10.9. The van der Waals surface area contributed by atoms with E-state index in [1.54, 1.807) is 13.1 Å². The van der Waals surface area contributed by atoms with Gasteiger partial charge in [-0.15, -0.1) is 5.10 Å². The maximum atomic E-state index is 10.5. The fourth-order valence-electron chi connectivity index (χ4n) is 0.434. The van der Waals surface area contributed by atoms with Crippen molar-refractivity contribution in [3.05, 3.63) is 6.20 Å². The first-order chi connectivity index (χ1) is 5.29. The van der Waals surface area contributed by atoms with Crippen molar-refractivity contribution in [1.82, 2.24) is 15.4 Å². The molecule has 0 fully saturated rings. The monoisotopic (exact) mass is 189 g/mol. The molecule has 0 spiro atoms. The smallest absolute Gasteiger partial charge is 0.186 e. The third-order valence-corrected chi connectivity index (χ3v) is 2.71. The van der Waals surface area contributed by atoms with Gasteiger partial charge in [0, 0.05) is 6.92 Å². The minimum Gasteiger partial charge on any atom is -0.288 e. The van der Waals surface area contributed by atoms with E-state index in [0.29, 0.717) is 5.08 Å². The third kappa shape index (κ3) is 3.43. The number of hydrogen-bond acceptors (Lipinski definition) is 5. The summed E-state index contributed by atoms with van der Waals surface area (Å²) in [7, 11) is 0. The normalized spacial score (nSPS) is 9.91. The topological polar surface area (TPSA) is 58.6 Å². The second kappa shape index (κ2) is 4.40. The molecule has 60 valence electrons. The Morgan fingerprint density at radius 3 is 3.18 bits per heavy atom. The molecule has 0 aliphatic heterocycles. The molecular weight excluding hydrogens is 182 g/mol. The Labute approximate surface area is 72.5 Å². The van der Waals surface area contributed by atoms with Gasteiger partial charge >= 0.3 is 0 Å². The number of H-pyrrole nitrogens is 1. The van der Waals surface area contributed by atoms with Crippen LogP contribution in [0.25, 0.3) is 0 Å². The first-order valence-corrected chi connectivity index (χ1v) is 4.89. The maximum Gasteiger partial charge on any atom is 0.186 e. The van der Waals surface area contributed by atoms with Crippen LogP contribution >= 0.6 is 23.5 Å². The molecule has 1 aromatic rings. The highest BCUT2D eigenvalue weighted by Crippen LogP contribution is 2.19. The molecule has 0 aliphatic rings. The summed E-state index contributed by atoms with van der Waals surface area (Å²) in [6.45, 7) is 1.55. The average Bonchev–Trinajstić information content (AvgIpc) is 2.39. The van der Waals surface area contributed by atoms with E-state index in [1.807, 2.05) is 0 Å². The van der Waals surface area contributed by atoms with Gasteiger partial charge in [-0.05, 0) is 0 Å². The predicted molar refractivity (Wildman–Crippen MR) is 45.4 cm³/mol. The molecule has 4 nitrogen and oxygen atoms in total. The van der Waals surface area contributed by atoms with Crippen LogP contribution in [0, 0.1) is 0 Å². The molecule has 0 unspecified atom stereocenters. The first-order valence-electron chi connectivity index (χ1n) is 2.91. The van der Waals surface area contributed by atoms with Crippen LogP contribution in [0.3, 0.4) is 0 Å². The Bertz CT molecular complexity index is 224. The summed E-state index contributed by atoms with van der Waals surface area (Å²) in [4.78, 5) is 10.5. The van der Waals surface area contributed by atoms with E-state index in [-0.39, 0.29) is 5.12 Å². The Hall–Kier alpha value is -0.490. The SMILES string of the molecule is CC(=O)SCSc1c[nH]nn1. The summed E-state index contributed by atoms with van der Waals surface area (Å²) >= 11 is 2.76. The molecule has 0 aromatic carbocycles. The Balaban J connectivity index is 2.19. The van der Waals surface area contributed by atoms with Crippen molar-refractivity contribution in [1.29, 1.82) is 0 Å². The van der Waals surface area contributed by atoms with E-state index >= 15 is 0 Å². The molecular formula is C5H7N3OS2. The highest BCUT2D eigenvalue weighted by molar-refractivity contribution is 8.23. The number of thioether (sulfide) groups is 2. The molecule has 0 bridgehead atoms. The van der Waals surface area contributed by atoms with Crippen molar-refractivity contribution >= 4 is 28.6 Å². The number of carbonyl (C=O) groups excluding carboxylic acids is 1. The summed E-state index contributed by atoms with van der Waals surface area (Å²) in [6.07, 6.45) is 1.70. The van der Waals surface area contributed by atoms with Gasteiger partial charge in [-0.2, -0.15) is 0 Å². The zero-order valence-corrected chi connectivity index (χ0v) is 7.54. The standard InChI is InChI=1S/C5H7N3OS2/c1-4(9)10-3-11-5-2-6-8-7-5/h2H,3H2,1H3,(H,6,7,8). The quantitative estimate of drug-likeness (QED) is 0.570. The average molecular weight is 189 g/mol. The van der Waals surface area contributed by atoms with E-state index in [9.17, 15) is 4.79 Å². The van der Waals surface area contributed by atoms with Crippen molar-refractivity contribution in [3.63, 3.8) is 0 Å². The molecule has 6 heteroatoms. The molecule has 0 radical (unpaired) electrons. The number of carbonyl (C=O) groups is 1. The van der Waals surface area contributed by atoms with Crippen molar-refractivity contribution in [2.45, 2.75) is 11.9 Å². The fraction of sp³-hybridized carbons (Fsp3) is 0.400. The van der Waals surface area contributed by atoms with Crippen LogP contribution in [0.2, 0.25) is 0 Å². The van der Waals surface area contributed by atoms with E-state index in [2.05, 4.69) is 15.4 Å². The summed E-state index contributed by atoms with van der Waals surface area (Å²) in [5, 5.41) is 11.5. The van der Waals surface area contributed by atoms with Gasteiger partial charge in [0.05, 0.1) is 11.3 Å². The van der Waals surface area contributed by atoms with Crippen LogP contribution in [0.15, 0.2) is 11.2 Å². The predicted octanol–water partition coefficient (Wildman–Crippen LogP) is 1.13. The number of aromatic nitrogens is 3. The molecule has 1 aromatic heterocycles. The lowest BCUT2D eigenvalue weighted by Crippen LogP contribution is -1.81. The van der Waals surface area contributed by atoms with E-state index in [1.165, 1.54) is 23.5 Å². The van der Waals surface area contributed by atoms with E-state index < -0.39 is 0 Å². The van der Waals surface area contributed by atoms with Crippen LogP contribution in [0.4, 0.5) is 0 Å². The van der Waals surface area contributed by atoms with Crippen LogP contribution in [0.5, 0.6) is 0 Å². The Kier molecular flexibility index (Phi) is 3.44. The summed E-state index contributed by atoms with van der Waals surface area (Å²) in [6, 6.07) is 0. The fourth-order valence-corrected chi connectivity index (χ4v) is 2.05. The van der Waals surface area contributed by atoms with Crippen molar-refractivity contribution < 1.29 is 4.79 Å². The van der Waals surface area contributed by atoms with E-state index in [0.717, 1.165) is 5.03 Å². The number of hydrogen-bond donors (Lipinski definition) is 1. The molecule has 0 amide bonds. The molecule has 1 heterocycles. The third-order valence-electron chi connectivity index (χ3n) is 0.863. The summed E-state index contributed by atoms with van der Waals surface area (Å²) < 4.78 is 0. The second-order valence-electron chi connectivity index (χ2n) is 1.71. The Morgan fingerprint density at radius 2 is 2.64 bits per heavy atom. The largest absolute Gasteiger partial charge is 0.288 e. The molecule has 1 rings (SSSR count). The van der Waals surface area contributed by atoms with Crippen LogP contribution < -0.4 is 0 Å². The first kappa shape index (κ1) is 8.61. The van der Waals surface area contributed by atoms with Crippen molar-refractivity contribution in [2.24, 2.45) is 0 Å². The molecule has 11 heavy (non-hydrogen) atoms. The van der Waals surface area contributed by atoms with Gasteiger partial charge in [-0.3, -0.25) is 9.89 Å². The summed E-state index contributed by atoms with van der Waals surface area (Å²) in [5.41, 5.74) is 0. The minimum atomic E-state index is 0.126. The zero-order chi connectivity index (χ0) is 8.10. The molecule has 1 N–H and O–H groups in total. The van der Waals surface area contributed by atoms with Crippen LogP contribution in [-0.4, -0.2) is 25.6 Å². The van der Waals surface area contributed by atoms with Gasteiger partial charge in [0.1, 0.15) is 5.03 Å². The second-order valence-corrected chi connectivity index (χ2v) is 4.22. The van der Waals surface area contributed by atoms with Gasteiger partial charge in [0.15, 0.2) is 5.12 Å². The number of nitrogens with zero attached hydrogens (tertiary/aromatic N) is 2. The van der Waals surface area contributed by atoms with E-state index in [4.69, 9.17) is 0 Å². The maximum absolute atomic E-state index is 10.5. The van der Waals surface area contributed by atoms with Gasteiger partial charge in [-0.25, -0.2) is 0 Å². The molecule has 0 saturated heterocycles. The van der Waals surface area contributed by atoms with Crippen LogP contribution in [-0.2, 0) is 4.79 Å². The van der Waals surface area contributed by atoms with Crippen molar-refractivity contribution in [2.75, 3.05) is 5.08 Å². The van der Waals surface area contributed by atoms with Crippen LogP contribution in [0.1, 0.15) is 6.92 Å². The van der Waals surface area contributed by atoms with Gasteiger partial charge in [-0.1, -0.05) is 28.7 Å². The number of rotatable bonds is 3. The zero-order valence-electron chi connectivity index (χ0n) is 5.90. The number of nitrogens with one attached hydrogen (secondary N) is 1. The van der Waals surface area contributed by atoms with Gasteiger partial charge < -0.3 is 0 Å². The highest BCUT2D eigenvalue weighted by atomic mass is 32.2. The van der Waals surface area contributed by atoms with Crippen molar-refractivity contribution in [3.8, 4) is 0 Å². The number of aromatic amines is 1. The van der Waals surface area contributed by atoms with Gasteiger partial charge in [0.25, 0.3) is 0 Å². The molecule has 0 atom stereocenters. The summed E-state index contributed by atoms with van der Waals surface area (Å²) in [5.74, 6) is 0. The minimum absolute atomic E-state index is 0.126. The highest BCUT2D eigenvalue weighted by Gasteiger charge is 1.98. The molecule has 0 aliphatic carbocycles.